The molecule has 0 saturated heterocycles. The molecule has 0 aliphatic rings. The van der Waals surface area contributed by atoms with Crippen LogP contribution in [0.2, 0.25) is 0 Å². The molecule has 2 aromatic carbocycles. The highest BCUT2D eigenvalue weighted by atomic mass is 19.1. The lowest BCUT2D eigenvalue weighted by Gasteiger charge is -2.13. The second-order valence-electron chi connectivity index (χ2n) is 9.31. The summed E-state index contributed by atoms with van der Waals surface area (Å²) < 4.78 is 14.6. The minimum absolute atomic E-state index is 0.278. The highest BCUT2D eigenvalue weighted by Gasteiger charge is 2.16. The molecule has 7 nitrogen and oxygen atoms in total. The van der Waals surface area contributed by atoms with Crippen LogP contribution < -0.4 is 5.32 Å². The number of anilines is 1. The van der Waals surface area contributed by atoms with Crippen LogP contribution in [0.15, 0.2) is 78.6 Å². The monoisotopic (exact) mass is 507 g/mol. The number of rotatable bonds is 9. The summed E-state index contributed by atoms with van der Waals surface area (Å²) in [5.41, 5.74) is 7.61. The third kappa shape index (κ3) is 5.12. The normalized spacial score (nSPS) is 12.3. The fourth-order valence-electron chi connectivity index (χ4n) is 4.52. The van der Waals surface area contributed by atoms with E-state index in [-0.39, 0.29) is 5.82 Å². The molecule has 0 bridgehead atoms. The number of H-pyrrole nitrogens is 2. The van der Waals surface area contributed by atoms with E-state index in [1.54, 1.807) is 18.5 Å². The number of allylic oxidation sites excluding steroid dienone is 2. The Bertz CT molecular complexity index is 1670. The third-order valence-corrected chi connectivity index (χ3v) is 6.40. The maximum Gasteiger partial charge on any atom is 0.155 e. The Morgan fingerprint density at radius 2 is 2.03 bits per heavy atom. The van der Waals surface area contributed by atoms with Crippen molar-refractivity contribution >= 4 is 39.4 Å². The van der Waals surface area contributed by atoms with Crippen LogP contribution in [0.3, 0.4) is 0 Å². The van der Waals surface area contributed by atoms with Gasteiger partial charge in [0, 0.05) is 59.2 Å². The molecule has 0 atom stereocenters. The van der Waals surface area contributed by atoms with E-state index in [9.17, 15) is 4.39 Å². The fraction of sp³-hybridized carbons (Fsp3) is 0.167. The maximum atomic E-state index is 14.6. The van der Waals surface area contributed by atoms with Crippen LogP contribution >= 0.6 is 0 Å². The number of halogens is 1. The van der Waals surface area contributed by atoms with E-state index in [0.29, 0.717) is 5.65 Å². The minimum Gasteiger partial charge on any atom is -0.384 e. The molecule has 192 valence electrons. The molecule has 0 aliphatic heterocycles. The van der Waals surface area contributed by atoms with Gasteiger partial charge in [-0.05, 0) is 74.1 Å². The lowest BCUT2D eigenvalue weighted by Crippen LogP contribution is -2.20. The molecule has 0 radical (unpaired) electrons. The van der Waals surface area contributed by atoms with Gasteiger partial charge in [-0.1, -0.05) is 24.8 Å². The predicted octanol–water partition coefficient (Wildman–Crippen LogP) is 6.50. The first-order chi connectivity index (χ1) is 18.5. The van der Waals surface area contributed by atoms with Crippen molar-refractivity contribution in [2.45, 2.75) is 6.92 Å². The van der Waals surface area contributed by atoms with Crippen LogP contribution in [0.1, 0.15) is 12.5 Å². The molecule has 38 heavy (non-hydrogen) atoms. The van der Waals surface area contributed by atoms with Crippen molar-refractivity contribution < 1.29 is 4.39 Å². The van der Waals surface area contributed by atoms with Gasteiger partial charge in [-0.25, -0.2) is 9.37 Å². The first kappa shape index (κ1) is 25.1. The zero-order chi connectivity index (χ0) is 26.6. The third-order valence-electron chi connectivity index (χ3n) is 6.40. The summed E-state index contributed by atoms with van der Waals surface area (Å²) in [5.74, 6) is -0.278. The zero-order valence-electron chi connectivity index (χ0n) is 21.7. The highest BCUT2D eigenvalue weighted by Crippen LogP contribution is 2.35. The summed E-state index contributed by atoms with van der Waals surface area (Å²) in [6, 6.07) is 15.2. The van der Waals surface area contributed by atoms with Crippen LogP contribution in [-0.4, -0.2) is 58.5 Å². The van der Waals surface area contributed by atoms with Crippen LogP contribution in [0, 0.1) is 5.82 Å². The molecule has 0 fully saturated rings. The number of fused-ring (bicyclic) bond motifs is 2. The number of benzene rings is 2. The SMILES string of the molecule is C=C/N=C\C(=C/C)c1cnc2[nH]nc(-c3cc4c(-c5cc(F)cc(NCCN(C)C)c5)cccc4[nH]3)c2c1. The van der Waals surface area contributed by atoms with E-state index in [4.69, 9.17) is 0 Å². The van der Waals surface area contributed by atoms with Gasteiger partial charge in [0.2, 0.25) is 0 Å². The lowest BCUT2D eigenvalue weighted by molar-refractivity contribution is 0.425. The zero-order valence-corrected chi connectivity index (χ0v) is 21.7. The Balaban J connectivity index is 1.55. The molecule has 0 saturated carbocycles. The molecule has 5 rings (SSSR count). The summed E-state index contributed by atoms with van der Waals surface area (Å²) in [6.45, 7) is 7.19. The second-order valence-corrected chi connectivity index (χ2v) is 9.31. The van der Waals surface area contributed by atoms with E-state index in [1.807, 2.05) is 51.4 Å². The van der Waals surface area contributed by atoms with Gasteiger partial charge in [0.15, 0.2) is 5.65 Å². The van der Waals surface area contributed by atoms with Crippen molar-refractivity contribution in [3.63, 3.8) is 0 Å². The average molecular weight is 508 g/mol. The van der Waals surface area contributed by atoms with E-state index >= 15 is 0 Å². The predicted molar refractivity (Wildman–Crippen MR) is 156 cm³/mol. The largest absolute Gasteiger partial charge is 0.384 e. The molecule has 0 aliphatic carbocycles. The van der Waals surface area contributed by atoms with Crippen LogP contribution in [0.25, 0.3) is 50.0 Å². The minimum atomic E-state index is -0.278. The summed E-state index contributed by atoms with van der Waals surface area (Å²) >= 11 is 0. The van der Waals surface area contributed by atoms with Crippen molar-refractivity contribution in [2.24, 2.45) is 4.99 Å². The summed E-state index contributed by atoms with van der Waals surface area (Å²) in [5, 5.41) is 12.8. The van der Waals surface area contributed by atoms with Gasteiger partial charge in [-0.15, -0.1) is 0 Å². The van der Waals surface area contributed by atoms with Gasteiger partial charge < -0.3 is 15.2 Å². The Morgan fingerprint density at radius 1 is 1.16 bits per heavy atom. The van der Waals surface area contributed by atoms with Gasteiger partial charge in [0.25, 0.3) is 0 Å². The lowest BCUT2D eigenvalue weighted by atomic mass is 10.0. The van der Waals surface area contributed by atoms with E-state index < -0.39 is 0 Å². The molecule has 0 amide bonds. The Hall–Kier alpha value is -4.56. The molecule has 3 heterocycles. The number of hydrogen-bond donors (Lipinski definition) is 3. The van der Waals surface area contributed by atoms with Crippen molar-refractivity contribution in [1.82, 2.24) is 25.1 Å². The number of aromatic nitrogens is 4. The number of aromatic amines is 2. The van der Waals surface area contributed by atoms with E-state index in [1.165, 1.54) is 12.3 Å². The standard InChI is InChI=1S/C30H30FN7/c1-5-19(17-32-6-2)21-14-26-29(36-37-30(26)34-18-21)28-16-25-24(8-7-9-27(25)35-28)20-12-22(31)15-23(13-20)33-10-11-38(3)4/h5-9,12-18,33,35H,2,10-11H2,1,3-4H3,(H,34,36,37)/b19-5+,32-17-. The van der Waals surface area contributed by atoms with Gasteiger partial charge in [0.05, 0.1) is 5.69 Å². The molecule has 5 aromatic rings. The quantitative estimate of drug-likeness (QED) is 0.199. The van der Waals surface area contributed by atoms with Crippen LogP contribution in [0.4, 0.5) is 10.1 Å². The number of nitrogens with one attached hydrogen (secondary N) is 3. The van der Waals surface area contributed by atoms with Crippen molar-refractivity contribution in [3.8, 4) is 22.5 Å². The van der Waals surface area contributed by atoms with E-state index in [2.05, 4.69) is 54.1 Å². The Morgan fingerprint density at radius 3 is 2.82 bits per heavy atom. The number of hydrogen-bond acceptors (Lipinski definition) is 5. The first-order valence-electron chi connectivity index (χ1n) is 12.4. The van der Waals surface area contributed by atoms with Gasteiger partial charge in [0.1, 0.15) is 11.5 Å². The first-order valence-corrected chi connectivity index (χ1v) is 12.4. The topological polar surface area (TPSA) is 85.0 Å². The Kier molecular flexibility index (Phi) is 7.15. The summed E-state index contributed by atoms with van der Waals surface area (Å²) in [7, 11) is 4.03. The number of likely N-dealkylation sites (N-methyl/N-ethyl adjacent to an activating group) is 1. The van der Waals surface area contributed by atoms with Crippen LogP contribution in [-0.2, 0) is 0 Å². The molecule has 0 spiro atoms. The number of aliphatic imine (C=N–C) groups is 1. The van der Waals surface area contributed by atoms with Crippen LogP contribution in [0.5, 0.6) is 0 Å². The molecule has 8 heteroatoms. The number of pyridine rings is 1. The average Bonchev–Trinajstić information content (AvgIpc) is 3.52. The fourth-order valence-corrected chi connectivity index (χ4v) is 4.52. The molecule has 3 aromatic heterocycles. The maximum absolute atomic E-state index is 14.6. The molecule has 3 N–H and O–H groups in total. The van der Waals surface area contributed by atoms with Crippen molar-refractivity contribution in [2.75, 3.05) is 32.5 Å². The molecular formula is C30H30FN7. The van der Waals surface area contributed by atoms with E-state index in [0.717, 1.165) is 68.7 Å². The smallest absolute Gasteiger partial charge is 0.155 e. The van der Waals surface area contributed by atoms with Crippen molar-refractivity contribution in [1.29, 1.82) is 0 Å². The highest BCUT2D eigenvalue weighted by molar-refractivity contribution is 6.11. The summed E-state index contributed by atoms with van der Waals surface area (Å²) in [6.07, 6.45) is 7.04. The molecular weight excluding hydrogens is 477 g/mol. The van der Waals surface area contributed by atoms with Crippen molar-refractivity contribution in [3.05, 3.63) is 85.0 Å². The number of nitrogens with zero attached hydrogens (tertiary/aromatic N) is 4. The van der Waals surface area contributed by atoms with Gasteiger partial charge in [-0.3, -0.25) is 10.1 Å². The summed E-state index contributed by atoms with van der Waals surface area (Å²) in [4.78, 5) is 14.3. The molecule has 0 unspecified atom stereocenters. The second kappa shape index (κ2) is 10.8. The Labute approximate surface area is 220 Å². The van der Waals surface area contributed by atoms with Gasteiger partial charge >= 0.3 is 0 Å². The van der Waals surface area contributed by atoms with Gasteiger partial charge in [-0.2, -0.15) is 5.10 Å².